The van der Waals surface area contributed by atoms with Crippen molar-refractivity contribution >= 4 is 5.97 Å². The van der Waals surface area contributed by atoms with Crippen LogP contribution in [-0.2, 0) is 9.53 Å². The van der Waals surface area contributed by atoms with Crippen molar-refractivity contribution in [2.75, 3.05) is 7.11 Å². The predicted molar refractivity (Wildman–Crippen MR) is 71.7 cm³/mol. The van der Waals surface area contributed by atoms with Crippen molar-refractivity contribution in [3.05, 3.63) is 0 Å². The average molecular weight is 257 g/mol. The van der Waals surface area contributed by atoms with Crippen LogP contribution in [0.25, 0.3) is 0 Å². The highest BCUT2D eigenvalue weighted by Crippen LogP contribution is 2.25. The summed E-state index contributed by atoms with van der Waals surface area (Å²) in [7, 11) is 1.74. The monoisotopic (exact) mass is 257 g/mol. The van der Waals surface area contributed by atoms with Gasteiger partial charge in [0.25, 0.3) is 0 Å². The number of carboxylic acids is 1. The van der Waals surface area contributed by atoms with Gasteiger partial charge in [0.15, 0.2) is 0 Å². The molecule has 0 aliphatic heterocycles. The summed E-state index contributed by atoms with van der Waals surface area (Å²) in [5.41, 5.74) is -0.106. The largest absolute Gasteiger partial charge is 0.481 e. The van der Waals surface area contributed by atoms with Crippen molar-refractivity contribution in [1.29, 1.82) is 0 Å². The third-order valence-corrected chi connectivity index (χ3v) is 3.95. The molecule has 1 rings (SSSR count). The molecule has 1 fully saturated rings. The molecule has 4 heteroatoms. The van der Waals surface area contributed by atoms with E-state index in [2.05, 4.69) is 26.1 Å². The number of methoxy groups -OCH3 is 1. The number of carboxylic acid groups (broad SMARTS) is 1. The lowest BCUT2D eigenvalue weighted by Crippen LogP contribution is -2.43. The van der Waals surface area contributed by atoms with Crippen molar-refractivity contribution in [3.8, 4) is 0 Å². The second-order valence-corrected chi connectivity index (χ2v) is 6.12. The van der Waals surface area contributed by atoms with Crippen LogP contribution in [0.4, 0.5) is 0 Å². The van der Waals surface area contributed by atoms with Gasteiger partial charge in [0.2, 0.25) is 0 Å². The van der Waals surface area contributed by atoms with Gasteiger partial charge in [0.05, 0.1) is 11.5 Å². The molecule has 0 bridgehead atoms. The Morgan fingerprint density at radius 2 is 1.94 bits per heavy atom. The zero-order valence-corrected chi connectivity index (χ0v) is 12.0. The van der Waals surface area contributed by atoms with E-state index in [-0.39, 0.29) is 11.5 Å². The smallest absolute Gasteiger partial charge is 0.306 e. The van der Waals surface area contributed by atoms with Gasteiger partial charge in [0.1, 0.15) is 0 Å². The maximum Gasteiger partial charge on any atom is 0.306 e. The Balaban J connectivity index is 2.30. The molecule has 4 nitrogen and oxygen atoms in total. The third-order valence-electron chi connectivity index (χ3n) is 3.95. The SMILES string of the molecule is COC(C)(C)CC(C)NC1CCC(C(=O)O)CC1. The summed E-state index contributed by atoms with van der Waals surface area (Å²) < 4.78 is 5.43. The van der Waals surface area contributed by atoms with Crippen molar-refractivity contribution < 1.29 is 14.6 Å². The van der Waals surface area contributed by atoms with Crippen LogP contribution in [0, 0.1) is 5.92 Å². The standard InChI is InChI=1S/C14H27NO3/c1-10(9-14(2,3)18-4)15-12-7-5-11(6-8-12)13(16)17/h10-12,15H,5-9H2,1-4H3,(H,16,17). The molecule has 1 aliphatic carbocycles. The molecule has 106 valence electrons. The van der Waals surface area contributed by atoms with Crippen molar-refractivity contribution in [1.82, 2.24) is 5.32 Å². The number of aliphatic carboxylic acids is 1. The molecule has 1 aliphatic rings. The lowest BCUT2D eigenvalue weighted by Gasteiger charge is -2.32. The number of ether oxygens (including phenoxy) is 1. The van der Waals surface area contributed by atoms with E-state index >= 15 is 0 Å². The van der Waals surface area contributed by atoms with Crippen molar-refractivity contribution in [3.63, 3.8) is 0 Å². The van der Waals surface area contributed by atoms with Crippen LogP contribution in [0.15, 0.2) is 0 Å². The van der Waals surface area contributed by atoms with E-state index in [0.717, 1.165) is 32.1 Å². The molecule has 0 aromatic rings. The molecule has 1 unspecified atom stereocenters. The molecule has 0 radical (unpaired) electrons. The Morgan fingerprint density at radius 3 is 2.39 bits per heavy atom. The Kier molecular flexibility index (Phi) is 5.60. The zero-order valence-electron chi connectivity index (χ0n) is 12.0. The lowest BCUT2D eigenvalue weighted by molar-refractivity contribution is -0.142. The fourth-order valence-electron chi connectivity index (χ4n) is 2.79. The van der Waals surface area contributed by atoms with Gasteiger partial charge in [-0.3, -0.25) is 4.79 Å². The maximum atomic E-state index is 10.9. The van der Waals surface area contributed by atoms with E-state index < -0.39 is 5.97 Å². The van der Waals surface area contributed by atoms with Gasteiger partial charge in [-0.2, -0.15) is 0 Å². The minimum absolute atomic E-state index is 0.106. The summed E-state index contributed by atoms with van der Waals surface area (Å²) >= 11 is 0. The van der Waals surface area contributed by atoms with Crippen molar-refractivity contribution in [2.45, 2.75) is 70.6 Å². The number of hydrogen-bond acceptors (Lipinski definition) is 3. The van der Waals surface area contributed by atoms with Gasteiger partial charge in [-0.15, -0.1) is 0 Å². The predicted octanol–water partition coefficient (Wildman–Crippen LogP) is 2.42. The van der Waals surface area contributed by atoms with Gasteiger partial charge in [-0.05, 0) is 52.9 Å². The first-order valence-electron chi connectivity index (χ1n) is 6.88. The van der Waals surface area contributed by atoms with E-state index in [1.807, 2.05) is 0 Å². The number of hydrogen-bond donors (Lipinski definition) is 2. The Morgan fingerprint density at radius 1 is 1.39 bits per heavy atom. The number of rotatable bonds is 6. The zero-order chi connectivity index (χ0) is 13.8. The fourth-order valence-corrected chi connectivity index (χ4v) is 2.79. The Hall–Kier alpha value is -0.610. The highest BCUT2D eigenvalue weighted by Gasteiger charge is 2.27. The third kappa shape index (κ3) is 4.94. The topological polar surface area (TPSA) is 58.6 Å². The molecular formula is C14H27NO3. The van der Waals surface area contributed by atoms with Crippen LogP contribution in [0.2, 0.25) is 0 Å². The Labute approximate surface area is 110 Å². The normalized spacial score (nSPS) is 26.9. The van der Waals surface area contributed by atoms with Gasteiger partial charge in [0, 0.05) is 19.2 Å². The summed E-state index contributed by atoms with van der Waals surface area (Å²) in [5.74, 6) is -0.768. The molecule has 0 spiro atoms. The van der Waals surface area contributed by atoms with Crippen LogP contribution in [0.1, 0.15) is 52.9 Å². The minimum atomic E-state index is -0.637. The molecule has 0 amide bonds. The van der Waals surface area contributed by atoms with E-state index in [0.29, 0.717) is 12.1 Å². The summed E-state index contributed by atoms with van der Waals surface area (Å²) in [4.78, 5) is 10.9. The van der Waals surface area contributed by atoms with Crippen LogP contribution in [0.5, 0.6) is 0 Å². The maximum absolute atomic E-state index is 10.9. The van der Waals surface area contributed by atoms with Crippen LogP contribution >= 0.6 is 0 Å². The first-order valence-corrected chi connectivity index (χ1v) is 6.88. The first kappa shape index (κ1) is 15.4. The molecule has 0 aromatic heterocycles. The minimum Gasteiger partial charge on any atom is -0.481 e. The van der Waals surface area contributed by atoms with E-state index in [4.69, 9.17) is 9.84 Å². The highest BCUT2D eigenvalue weighted by atomic mass is 16.5. The molecule has 18 heavy (non-hydrogen) atoms. The van der Waals surface area contributed by atoms with Gasteiger partial charge in [-0.25, -0.2) is 0 Å². The highest BCUT2D eigenvalue weighted by molar-refractivity contribution is 5.70. The first-order chi connectivity index (χ1) is 8.34. The number of carbonyl (C=O) groups is 1. The summed E-state index contributed by atoms with van der Waals surface area (Å²) in [6, 6.07) is 0.856. The molecule has 0 heterocycles. The van der Waals surface area contributed by atoms with E-state index in [1.165, 1.54) is 0 Å². The molecule has 1 saturated carbocycles. The number of nitrogens with one attached hydrogen (secondary N) is 1. The molecule has 1 atom stereocenters. The van der Waals surface area contributed by atoms with Gasteiger partial charge in [-0.1, -0.05) is 0 Å². The summed E-state index contributed by atoms with van der Waals surface area (Å²) in [5, 5.41) is 12.5. The Bertz CT molecular complexity index is 270. The fraction of sp³-hybridized carbons (Fsp3) is 0.929. The second-order valence-electron chi connectivity index (χ2n) is 6.12. The lowest BCUT2D eigenvalue weighted by atomic mass is 9.85. The second kappa shape index (κ2) is 6.53. The van der Waals surface area contributed by atoms with Crippen LogP contribution < -0.4 is 5.32 Å². The van der Waals surface area contributed by atoms with Crippen molar-refractivity contribution in [2.24, 2.45) is 5.92 Å². The molecule has 2 N–H and O–H groups in total. The van der Waals surface area contributed by atoms with Crippen LogP contribution in [0.3, 0.4) is 0 Å². The quantitative estimate of drug-likeness (QED) is 0.767. The van der Waals surface area contributed by atoms with Crippen LogP contribution in [-0.4, -0.2) is 35.9 Å². The van der Waals surface area contributed by atoms with E-state index in [9.17, 15) is 4.79 Å². The van der Waals surface area contributed by atoms with Gasteiger partial charge < -0.3 is 15.2 Å². The average Bonchev–Trinajstić information content (AvgIpc) is 2.29. The summed E-state index contributed by atoms with van der Waals surface area (Å²) in [6.45, 7) is 6.35. The molecular weight excluding hydrogens is 230 g/mol. The van der Waals surface area contributed by atoms with E-state index in [1.54, 1.807) is 7.11 Å². The summed E-state index contributed by atoms with van der Waals surface area (Å²) in [6.07, 6.45) is 4.49. The molecule has 0 saturated heterocycles. The van der Waals surface area contributed by atoms with Gasteiger partial charge >= 0.3 is 5.97 Å². The molecule has 0 aromatic carbocycles.